The number of hydrogen-bond donors (Lipinski definition) is 2. The molecule has 1 aromatic carbocycles. The number of anilines is 1. The molecule has 104 valence electrons. The number of halogens is 1. The molecular weight excluding hydrogens is 295 g/mol. The summed E-state index contributed by atoms with van der Waals surface area (Å²) in [5.74, 6) is -2.70. The van der Waals surface area contributed by atoms with E-state index in [0.717, 1.165) is 13.2 Å². The predicted molar refractivity (Wildman–Crippen MR) is 71.7 cm³/mol. The van der Waals surface area contributed by atoms with Crippen LogP contribution >= 0.6 is 12.2 Å². The van der Waals surface area contributed by atoms with Gasteiger partial charge in [-0.1, -0.05) is 12.2 Å². The van der Waals surface area contributed by atoms with E-state index >= 15 is 0 Å². The lowest BCUT2D eigenvalue weighted by molar-refractivity contribution is -0.137. The van der Waals surface area contributed by atoms with Gasteiger partial charge in [-0.2, -0.15) is 0 Å². The van der Waals surface area contributed by atoms with Gasteiger partial charge in [0.2, 0.25) is 10.0 Å². The zero-order valence-electron chi connectivity index (χ0n) is 9.84. The number of ether oxygens (including phenoxy) is 1. The van der Waals surface area contributed by atoms with E-state index in [1.54, 1.807) is 0 Å². The van der Waals surface area contributed by atoms with Crippen LogP contribution in [0.5, 0.6) is 0 Å². The van der Waals surface area contributed by atoms with Crippen molar-refractivity contribution < 1.29 is 22.3 Å². The van der Waals surface area contributed by atoms with Gasteiger partial charge in [0.1, 0.15) is 10.8 Å². The molecular formula is C10H11FN2O4S2. The number of sulfonamides is 1. The second-order valence-electron chi connectivity index (χ2n) is 3.50. The highest BCUT2D eigenvalue weighted by Gasteiger charge is 2.18. The van der Waals surface area contributed by atoms with Crippen molar-refractivity contribution in [3.63, 3.8) is 0 Å². The first-order chi connectivity index (χ1) is 8.75. The highest BCUT2D eigenvalue weighted by molar-refractivity contribution is 7.93. The van der Waals surface area contributed by atoms with Gasteiger partial charge in [0.25, 0.3) is 0 Å². The molecule has 3 N–H and O–H groups in total. The fraction of sp³-hybridized carbons (Fsp3) is 0.200. The van der Waals surface area contributed by atoms with E-state index in [0.29, 0.717) is 0 Å². The third-order valence-electron chi connectivity index (χ3n) is 2.05. The number of carbonyl (C=O) groups excluding carboxylic acids is 1. The molecule has 0 saturated heterocycles. The van der Waals surface area contributed by atoms with Crippen LogP contribution < -0.4 is 10.5 Å². The van der Waals surface area contributed by atoms with Gasteiger partial charge in [0.15, 0.2) is 5.75 Å². The molecule has 6 nitrogen and oxygen atoms in total. The molecule has 0 spiro atoms. The molecule has 0 radical (unpaired) electrons. The van der Waals surface area contributed by atoms with Gasteiger partial charge in [-0.05, 0) is 18.2 Å². The third kappa shape index (κ3) is 4.45. The summed E-state index contributed by atoms with van der Waals surface area (Å²) >= 11 is 4.66. The fourth-order valence-corrected chi connectivity index (χ4v) is 2.30. The highest BCUT2D eigenvalue weighted by Crippen LogP contribution is 2.17. The maximum absolute atomic E-state index is 13.6. The zero-order valence-corrected chi connectivity index (χ0v) is 11.5. The SMILES string of the molecule is COC(=O)CS(=O)(=O)Nc1ccc(C(N)=S)cc1F. The van der Waals surface area contributed by atoms with E-state index in [9.17, 15) is 17.6 Å². The van der Waals surface area contributed by atoms with Crippen molar-refractivity contribution in [1.29, 1.82) is 0 Å². The van der Waals surface area contributed by atoms with Crippen LogP contribution in [0.4, 0.5) is 10.1 Å². The van der Waals surface area contributed by atoms with Crippen LogP contribution in [0.3, 0.4) is 0 Å². The number of hydrogen-bond acceptors (Lipinski definition) is 5. The lowest BCUT2D eigenvalue weighted by atomic mass is 10.2. The predicted octanol–water partition coefficient (Wildman–Crippen LogP) is 0.375. The Balaban J connectivity index is 2.94. The first-order valence-electron chi connectivity index (χ1n) is 4.92. The summed E-state index contributed by atoms with van der Waals surface area (Å²) < 4.78 is 42.8. The van der Waals surface area contributed by atoms with Gasteiger partial charge in [0.05, 0.1) is 12.8 Å². The lowest BCUT2D eigenvalue weighted by Gasteiger charge is -2.09. The average Bonchev–Trinajstić information content (AvgIpc) is 2.30. The molecule has 0 bridgehead atoms. The number of esters is 1. The van der Waals surface area contributed by atoms with Crippen LogP contribution in [0.25, 0.3) is 0 Å². The topological polar surface area (TPSA) is 98.5 Å². The van der Waals surface area contributed by atoms with E-state index in [1.807, 2.05) is 4.72 Å². The van der Waals surface area contributed by atoms with Crippen LogP contribution in [-0.2, 0) is 19.6 Å². The van der Waals surface area contributed by atoms with Crippen molar-refractivity contribution in [1.82, 2.24) is 0 Å². The minimum absolute atomic E-state index is 0.0112. The Morgan fingerprint density at radius 2 is 2.16 bits per heavy atom. The molecule has 0 saturated carbocycles. The van der Waals surface area contributed by atoms with Gasteiger partial charge in [0, 0.05) is 5.56 Å². The van der Waals surface area contributed by atoms with E-state index in [1.165, 1.54) is 12.1 Å². The smallest absolute Gasteiger partial charge is 0.322 e. The van der Waals surface area contributed by atoms with Crippen molar-refractivity contribution in [2.45, 2.75) is 0 Å². The third-order valence-corrected chi connectivity index (χ3v) is 3.44. The van der Waals surface area contributed by atoms with E-state index < -0.39 is 27.6 Å². The monoisotopic (exact) mass is 306 g/mol. The van der Waals surface area contributed by atoms with Crippen LogP contribution in [0.15, 0.2) is 18.2 Å². The quantitative estimate of drug-likeness (QED) is 0.602. The molecule has 1 rings (SSSR count). The summed E-state index contributed by atoms with van der Waals surface area (Å²) in [6.45, 7) is 0. The number of nitrogens with two attached hydrogens (primary N) is 1. The molecule has 0 amide bonds. The summed E-state index contributed by atoms with van der Waals surface area (Å²) in [5, 5.41) is 0. The molecule has 0 aliphatic heterocycles. The molecule has 0 heterocycles. The normalized spacial score (nSPS) is 10.8. The molecule has 0 atom stereocenters. The Labute approximate surface area is 114 Å². The number of thiocarbonyl (C=S) groups is 1. The van der Waals surface area contributed by atoms with Gasteiger partial charge in [-0.25, -0.2) is 12.8 Å². The second-order valence-corrected chi connectivity index (χ2v) is 5.66. The number of rotatable bonds is 5. The first kappa shape index (κ1) is 15.3. The second kappa shape index (κ2) is 5.93. The van der Waals surface area contributed by atoms with E-state index in [4.69, 9.17) is 5.73 Å². The number of carbonyl (C=O) groups is 1. The van der Waals surface area contributed by atoms with Crippen molar-refractivity contribution in [3.05, 3.63) is 29.6 Å². The van der Waals surface area contributed by atoms with Crippen LogP contribution in [0.1, 0.15) is 5.56 Å². The summed E-state index contributed by atoms with van der Waals surface area (Å²) in [6.07, 6.45) is 0. The Kier molecular flexibility index (Phi) is 4.78. The Bertz CT molecular complexity index is 616. The molecule has 0 unspecified atom stereocenters. The molecule has 0 aromatic heterocycles. The van der Waals surface area contributed by atoms with Gasteiger partial charge in [-0.15, -0.1) is 0 Å². The van der Waals surface area contributed by atoms with Crippen molar-refractivity contribution >= 4 is 38.9 Å². The average molecular weight is 306 g/mol. The minimum Gasteiger partial charge on any atom is -0.468 e. The van der Waals surface area contributed by atoms with Crippen molar-refractivity contribution in [3.8, 4) is 0 Å². The standard InChI is InChI=1S/C10H11FN2O4S2/c1-17-9(14)5-19(15,16)13-8-3-2-6(10(12)18)4-7(8)11/h2-4,13H,5H2,1H3,(H2,12,18). The molecule has 1 aromatic rings. The Morgan fingerprint density at radius 1 is 1.53 bits per heavy atom. The summed E-state index contributed by atoms with van der Waals surface area (Å²) in [4.78, 5) is 10.9. The minimum atomic E-state index is -4.03. The summed E-state index contributed by atoms with van der Waals surface area (Å²) in [6, 6.07) is 3.53. The summed E-state index contributed by atoms with van der Waals surface area (Å²) in [7, 11) is -2.98. The van der Waals surface area contributed by atoms with Crippen LogP contribution in [0.2, 0.25) is 0 Å². The van der Waals surface area contributed by atoms with Crippen LogP contribution in [-0.4, -0.2) is 32.2 Å². The maximum atomic E-state index is 13.6. The number of nitrogens with one attached hydrogen (secondary N) is 1. The van der Waals surface area contributed by atoms with Crippen molar-refractivity contribution in [2.24, 2.45) is 5.73 Å². The first-order valence-corrected chi connectivity index (χ1v) is 6.98. The van der Waals surface area contributed by atoms with Crippen LogP contribution in [0, 0.1) is 5.82 Å². The maximum Gasteiger partial charge on any atom is 0.322 e. The van der Waals surface area contributed by atoms with Crippen molar-refractivity contribution in [2.75, 3.05) is 17.6 Å². The zero-order chi connectivity index (χ0) is 14.6. The lowest BCUT2D eigenvalue weighted by Crippen LogP contribution is -2.24. The molecule has 9 heteroatoms. The molecule has 19 heavy (non-hydrogen) atoms. The van der Waals surface area contributed by atoms with Gasteiger partial charge >= 0.3 is 5.97 Å². The Hall–Kier alpha value is -1.74. The fourth-order valence-electron chi connectivity index (χ4n) is 1.17. The van der Waals surface area contributed by atoms with Gasteiger partial charge < -0.3 is 10.5 Å². The molecule has 0 aliphatic carbocycles. The highest BCUT2D eigenvalue weighted by atomic mass is 32.2. The molecule has 0 aliphatic rings. The largest absolute Gasteiger partial charge is 0.468 e. The number of benzene rings is 1. The number of methoxy groups -OCH3 is 1. The van der Waals surface area contributed by atoms with Gasteiger partial charge in [-0.3, -0.25) is 9.52 Å². The van der Waals surface area contributed by atoms with E-state index in [2.05, 4.69) is 17.0 Å². The molecule has 0 fully saturated rings. The summed E-state index contributed by atoms with van der Waals surface area (Å²) in [5.41, 5.74) is 5.27. The van der Waals surface area contributed by atoms with E-state index in [-0.39, 0.29) is 16.2 Å². The Morgan fingerprint density at radius 3 is 2.63 bits per heavy atom.